The Labute approximate surface area is 184 Å². The lowest BCUT2D eigenvalue weighted by atomic mass is 10.1. The summed E-state index contributed by atoms with van der Waals surface area (Å²) in [6.45, 7) is 0.0628. The predicted molar refractivity (Wildman–Crippen MR) is 116 cm³/mol. The van der Waals surface area contributed by atoms with Gasteiger partial charge in [-0.25, -0.2) is 14.8 Å². The van der Waals surface area contributed by atoms with Gasteiger partial charge in [0, 0.05) is 5.75 Å². The van der Waals surface area contributed by atoms with Crippen molar-refractivity contribution in [1.82, 2.24) is 9.97 Å². The van der Waals surface area contributed by atoms with Gasteiger partial charge in [0.05, 0.1) is 19.8 Å². The summed E-state index contributed by atoms with van der Waals surface area (Å²) >= 11 is 1.34. The Morgan fingerprint density at radius 1 is 1.13 bits per heavy atom. The number of ether oxygens (including phenoxy) is 3. The second kappa shape index (κ2) is 10.3. The minimum Gasteiger partial charge on any atom is -0.497 e. The fourth-order valence-corrected chi connectivity index (χ4v) is 3.48. The highest BCUT2D eigenvalue weighted by atomic mass is 32.2. The maximum absolute atomic E-state index is 11.7. The minimum atomic E-state index is -0.399. The number of anilines is 1. The fraction of sp³-hybridized carbons (Fsp3) is 0.182. The van der Waals surface area contributed by atoms with Crippen LogP contribution >= 0.6 is 11.8 Å². The average molecular weight is 436 g/mol. The number of hydrogen-bond donors (Lipinski definition) is 1. The number of nitrogens with zero attached hydrogens (tertiary/aromatic N) is 3. The first kappa shape index (κ1) is 21.9. The lowest BCUT2D eigenvalue weighted by Gasteiger charge is -2.10. The summed E-state index contributed by atoms with van der Waals surface area (Å²) in [4.78, 5) is 20.4. The third-order valence-corrected chi connectivity index (χ3v) is 5.17. The number of thioether (sulfide) groups is 1. The molecule has 0 atom stereocenters. The van der Waals surface area contributed by atoms with Gasteiger partial charge in [0.15, 0.2) is 5.16 Å². The normalized spacial score (nSPS) is 10.2. The van der Waals surface area contributed by atoms with Crippen LogP contribution in [0.25, 0.3) is 0 Å². The first-order valence-electron chi connectivity index (χ1n) is 9.17. The average Bonchev–Trinajstić information content (AvgIpc) is 2.81. The number of nitrogen functional groups attached to an aromatic ring is 1. The van der Waals surface area contributed by atoms with E-state index in [1.807, 2.05) is 12.1 Å². The van der Waals surface area contributed by atoms with Gasteiger partial charge in [-0.2, -0.15) is 5.26 Å². The number of benzene rings is 2. The van der Waals surface area contributed by atoms with Gasteiger partial charge in [-0.3, -0.25) is 0 Å². The van der Waals surface area contributed by atoms with Crippen LogP contribution in [0.1, 0.15) is 27.2 Å². The largest absolute Gasteiger partial charge is 0.497 e. The van der Waals surface area contributed by atoms with Crippen LogP contribution < -0.4 is 15.2 Å². The second-order valence-corrected chi connectivity index (χ2v) is 7.21. The molecule has 3 rings (SSSR count). The Kier molecular flexibility index (Phi) is 7.30. The highest BCUT2D eigenvalue weighted by molar-refractivity contribution is 7.98. The van der Waals surface area contributed by atoms with Crippen LogP contribution in [0, 0.1) is 11.3 Å². The van der Waals surface area contributed by atoms with Gasteiger partial charge in [-0.15, -0.1) is 0 Å². The van der Waals surface area contributed by atoms with E-state index in [-0.39, 0.29) is 18.0 Å². The van der Waals surface area contributed by atoms with Crippen LogP contribution in [-0.4, -0.2) is 30.2 Å². The Morgan fingerprint density at radius 3 is 2.55 bits per heavy atom. The topological polar surface area (TPSA) is 120 Å². The lowest BCUT2D eigenvalue weighted by molar-refractivity contribution is 0.0600. The van der Waals surface area contributed by atoms with Gasteiger partial charge in [-0.05, 0) is 42.0 Å². The van der Waals surface area contributed by atoms with Crippen LogP contribution in [0.15, 0.2) is 53.7 Å². The summed E-state index contributed by atoms with van der Waals surface area (Å²) in [6.07, 6.45) is 0. The van der Waals surface area contributed by atoms with E-state index >= 15 is 0 Å². The summed E-state index contributed by atoms with van der Waals surface area (Å²) < 4.78 is 15.6. The van der Waals surface area contributed by atoms with Crippen LogP contribution in [0.2, 0.25) is 0 Å². The molecular weight excluding hydrogens is 416 g/mol. The zero-order chi connectivity index (χ0) is 22.2. The predicted octanol–water partition coefficient (Wildman–Crippen LogP) is 3.60. The lowest BCUT2D eigenvalue weighted by Crippen LogP contribution is -2.08. The molecule has 9 heteroatoms. The van der Waals surface area contributed by atoms with E-state index in [9.17, 15) is 10.1 Å². The highest BCUT2D eigenvalue weighted by Crippen LogP contribution is 2.25. The molecule has 0 fully saturated rings. The molecule has 31 heavy (non-hydrogen) atoms. The molecule has 3 aromatic rings. The maximum atomic E-state index is 11.7. The smallest absolute Gasteiger partial charge is 0.337 e. The van der Waals surface area contributed by atoms with Crippen molar-refractivity contribution in [2.45, 2.75) is 17.5 Å². The molecule has 1 aromatic heterocycles. The number of rotatable bonds is 8. The minimum absolute atomic E-state index is 0.0628. The van der Waals surface area contributed by atoms with E-state index in [4.69, 9.17) is 19.9 Å². The number of carbonyl (C=O) groups excluding carboxylic acids is 1. The molecule has 0 aliphatic carbocycles. The summed E-state index contributed by atoms with van der Waals surface area (Å²) in [6, 6.07) is 16.2. The van der Waals surface area contributed by atoms with Crippen LogP contribution in [0.3, 0.4) is 0 Å². The Morgan fingerprint density at radius 2 is 1.87 bits per heavy atom. The highest BCUT2D eigenvalue weighted by Gasteiger charge is 2.14. The van der Waals surface area contributed by atoms with Crippen molar-refractivity contribution < 1.29 is 19.0 Å². The number of nitrogens with two attached hydrogens (primary N) is 1. The van der Waals surface area contributed by atoms with E-state index in [1.54, 1.807) is 49.6 Å². The van der Waals surface area contributed by atoms with Crippen LogP contribution in [-0.2, 0) is 17.1 Å². The van der Waals surface area contributed by atoms with Gasteiger partial charge < -0.3 is 19.9 Å². The van der Waals surface area contributed by atoms with Gasteiger partial charge in [0.25, 0.3) is 0 Å². The molecule has 0 unspecified atom stereocenters. The number of aromatic nitrogens is 2. The van der Waals surface area contributed by atoms with E-state index in [1.165, 1.54) is 18.9 Å². The second-order valence-electron chi connectivity index (χ2n) is 6.27. The van der Waals surface area contributed by atoms with Crippen molar-refractivity contribution in [2.24, 2.45) is 0 Å². The zero-order valence-corrected chi connectivity index (χ0v) is 17.8. The third-order valence-electron chi connectivity index (χ3n) is 4.25. The number of esters is 1. The van der Waals surface area contributed by atoms with E-state index in [2.05, 4.69) is 9.97 Å². The third kappa shape index (κ3) is 5.65. The molecule has 2 N–H and O–H groups in total. The molecule has 0 saturated carbocycles. The molecular formula is C22H20N4O4S. The molecule has 0 spiro atoms. The molecule has 0 amide bonds. The summed E-state index contributed by atoms with van der Waals surface area (Å²) in [5.74, 6) is 1.52. The number of carbonyl (C=O) groups is 1. The van der Waals surface area contributed by atoms with Crippen LogP contribution in [0.5, 0.6) is 11.5 Å². The Bertz CT molecular complexity index is 1110. The van der Waals surface area contributed by atoms with Crippen molar-refractivity contribution in [3.8, 4) is 17.6 Å². The maximum Gasteiger partial charge on any atom is 0.337 e. The summed E-state index contributed by atoms with van der Waals surface area (Å²) in [5, 5.41) is 9.85. The van der Waals surface area contributed by atoms with E-state index < -0.39 is 5.97 Å². The van der Waals surface area contributed by atoms with Crippen molar-refractivity contribution in [3.05, 3.63) is 70.9 Å². The summed E-state index contributed by atoms with van der Waals surface area (Å²) in [5.41, 5.74) is 7.92. The van der Waals surface area contributed by atoms with Crippen LogP contribution in [0.4, 0.5) is 5.82 Å². The quantitative estimate of drug-likeness (QED) is 0.321. The molecule has 0 bridgehead atoms. The number of nitriles is 1. The van der Waals surface area contributed by atoms with Crippen molar-refractivity contribution >= 4 is 23.5 Å². The standard InChI is InChI=1S/C22H20N4O4S/c1-28-16-6-8-17(9-7-16)30-12-19-18(11-23)20(24)26-22(25-19)31-13-14-4-3-5-15(10-14)21(27)29-2/h3-10H,12-13H2,1-2H3,(H2,24,25,26). The molecule has 0 aliphatic rings. The first-order chi connectivity index (χ1) is 15.0. The number of methoxy groups -OCH3 is 2. The Hall–Kier alpha value is -3.77. The molecule has 0 aliphatic heterocycles. The molecule has 0 radical (unpaired) electrons. The van der Waals surface area contributed by atoms with Gasteiger partial charge in [-0.1, -0.05) is 23.9 Å². The Balaban J connectivity index is 1.74. The molecule has 8 nitrogen and oxygen atoms in total. The van der Waals surface area contributed by atoms with Crippen molar-refractivity contribution in [1.29, 1.82) is 5.26 Å². The molecule has 158 valence electrons. The summed E-state index contributed by atoms with van der Waals surface area (Å²) in [7, 11) is 2.93. The SMILES string of the molecule is COC(=O)c1cccc(CSc2nc(N)c(C#N)c(COc3ccc(OC)cc3)n2)c1. The monoisotopic (exact) mass is 436 g/mol. The van der Waals surface area contributed by atoms with E-state index in [0.29, 0.717) is 33.7 Å². The van der Waals surface area contributed by atoms with E-state index in [0.717, 1.165) is 5.56 Å². The molecule has 1 heterocycles. The van der Waals surface area contributed by atoms with Crippen molar-refractivity contribution in [2.75, 3.05) is 20.0 Å². The van der Waals surface area contributed by atoms with Gasteiger partial charge >= 0.3 is 5.97 Å². The first-order valence-corrected chi connectivity index (χ1v) is 10.2. The number of hydrogen-bond acceptors (Lipinski definition) is 9. The van der Waals surface area contributed by atoms with Gasteiger partial charge in [0.1, 0.15) is 41.3 Å². The fourth-order valence-electron chi connectivity index (χ4n) is 2.67. The van der Waals surface area contributed by atoms with Crippen molar-refractivity contribution in [3.63, 3.8) is 0 Å². The molecule has 2 aromatic carbocycles. The zero-order valence-electron chi connectivity index (χ0n) is 17.0. The molecule has 0 saturated heterocycles. The van der Waals surface area contributed by atoms with Gasteiger partial charge in [0.2, 0.25) is 0 Å².